The molecule has 1 unspecified atom stereocenters. The Morgan fingerprint density at radius 2 is 2.10 bits per heavy atom. The molecule has 1 amide bonds. The van der Waals surface area contributed by atoms with Crippen LogP contribution in [0.3, 0.4) is 0 Å². The number of nitrogen functional groups attached to an aromatic ring is 1. The second kappa shape index (κ2) is 5.44. The van der Waals surface area contributed by atoms with Gasteiger partial charge < -0.3 is 20.5 Å². The maximum absolute atomic E-state index is 12.3. The highest BCUT2D eigenvalue weighted by Gasteiger charge is 2.29. The molecule has 1 aromatic rings. The van der Waals surface area contributed by atoms with Gasteiger partial charge in [0, 0.05) is 30.4 Å². The molecule has 1 saturated carbocycles. The van der Waals surface area contributed by atoms with Crippen molar-refractivity contribution in [1.82, 2.24) is 10.2 Å². The van der Waals surface area contributed by atoms with Crippen LogP contribution in [0.15, 0.2) is 12.1 Å². The summed E-state index contributed by atoms with van der Waals surface area (Å²) < 4.78 is 10.5. The number of nitrogens with two attached hydrogens (primary N) is 1. The Morgan fingerprint density at radius 3 is 2.76 bits per heavy atom. The van der Waals surface area contributed by atoms with Crippen molar-refractivity contribution in [3.05, 3.63) is 17.7 Å². The van der Waals surface area contributed by atoms with Crippen molar-refractivity contribution < 1.29 is 14.3 Å². The summed E-state index contributed by atoms with van der Waals surface area (Å²) in [4.78, 5) is 14.6. The number of benzene rings is 1. The number of fused-ring (bicyclic) bond motifs is 1. The Balaban J connectivity index is 1.62. The molecule has 0 saturated heterocycles. The lowest BCUT2D eigenvalue weighted by Gasteiger charge is -2.24. The van der Waals surface area contributed by atoms with Crippen LogP contribution in [-0.2, 0) is 0 Å². The van der Waals surface area contributed by atoms with E-state index < -0.39 is 0 Å². The molecule has 1 aliphatic carbocycles. The van der Waals surface area contributed by atoms with Gasteiger partial charge in [-0.15, -0.1) is 0 Å². The van der Waals surface area contributed by atoms with Crippen LogP contribution in [0.1, 0.15) is 30.1 Å². The third-order valence-corrected chi connectivity index (χ3v) is 4.17. The third-order valence-electron chi connectivity index (χ3n) is 4.17. The molecule has 21 heavy (non-hydrogen) atoms. The maximum Gasteiger partial charge on any atom is 0.253 e. The van der Waals surface area contributed by atoms with Crippen LogP contribution >= 0.6 is 0 Å². The summed E-state index contributed by atoms with van der Waals surface area (Å²) >= 11 is 0. The Bertz CT molecular complexity index is 557. The zero-order chi connectivity index (χ0) is 15.0. The predicted octanol–water partition coefficient (Wildman–Crippen LogP) is 1.21. The van der Waals surface area contributed by atoms with Crippen molar-refractivity contribution >= 4 is 11.6 Å². The molecule has 6 nitrogen and oxygen atoms in total. The number of hydrogen-bond acceptors (Lipinski definition) is 5. The Hall–Kier alpha value is -1.95. The Kier molecular flexibility index (Phi) is 3.63. The monoisotopic (exact) mass is 291 g/mol. The largest absolute Gasteiger partial charge is 0.454 e. The zero-order valence-electron chi connectivity index (χ0n) is 12.4. The first-order valence-corrected chi connectivity index (χ1v) is 7.25. The van der Waals surface area contributed by atoms with E-state index in [-0.39, 0.29) is 12.7 Å². The van der Waals surface area contributed by atoms with Gasteiger partial charge in [-0.1, -0.05) is 0 Å². The van der Waals surface area contributed by atoms with Crippen LogP contribution in [0.5, 0.6) is 11.5 Å². The number of carbonyl (C=O) groups excluding carboxylic acids is 1. The number of ether oxygens (including phenoxy) is 2. The fourth-order valence-corrected chi connectivity index (χ4v) is 2.48. The van der Waals surface area contributed by atoms with Gasteiger partial charge in [0.05, 0.1) is 5.56 Å². The smallest absolute Gasteiger partial charge is 0.253 e. The lowest BCUT2D eigenvalue weighted by Crippen LogP contribution is -2.41. The van der Waals surface area contributed by atoms with E-state index in [1.165, 1.54) is 12.8 Å². The quantitative estimate of drug-likeness (QED) is 0.797. The van der Waals surface area contributed by atoms with Gasteiger partial charge in [0.2, 0.25) is 6.79 Å². The predicted molar refractivity (Wildman–Crippen MR) is 79.6 cm³/mol. The summed E-state index contributed by atoms with van der Waals surface area (Å²) in [5.41, 5.74) is 6.75. The van der Waals surface area contributed by atoms with Gasteiger partial charge in [-0.2, -0.15) is 0 Å². The highest BCUT2D eigenvalue weighted by molar-refractivity contribution is 6.00. The van der Waals surface area contributed by atoms with Crippen LogP contribution in [0.2, 0.25) is 0 Å². The molecule has 0 radical (unpaired) electrons. The van der Waals surface area contributed by atoms with Gasteiger partial charge in [-0.05, 0) is 32.9 Å². The van der Waals surface area contributed by atoms with E-state index in [0.29, 0.717) is 41.4 Å². The van der Waals surface area contributed by atoms with Crippen LogP contribution in [-0.4, -0.2) is 43.3 Å². The van der Waals surface area contributed by atoms with E-state index in [0.717, 1.165) is 0 Å². The summed E-state index contributed by atoms with van der Waals surface area (Å²) in [6, 6.07) is 4.25. The van der Waals surface area contributed by atoms with E-state index in [1.54, 1.807) is 12.1 Å². The number of carbonyl (C=O) groups is 1. The number of anilines is 1. The SMILES string of the molecule is CC(CNC(=O)c1cc2c(cc1N)OCO2)N(C)C1CC1. The minimum Gasteiger partial charge on any atom is -0.454 e. The second-order valence-electron chi connectivity index (χ2n) is 5.75. The Morgan fingerprint density at radius 1 is 1.43 bits per heavy atom. The van der Waals surface area contributed by atoms with E-state index in [2.05, 4.69) is 24.2 Å². The molecule has 3 rings (SSSR count). The molecular weight excluding hydrogens is 270 g/mol. The highest BCUT2D eigenvalue weighted by Crippen LogP contribution is 2.35. The number of nitrogens with one attached hydrogen (secondary N) is 1. The van der Waals surface area contributed by atoms with Crippen LogP contribution in [0.25, 0.3) is 0 Å². The topological polar surface area (TPSA) is 76.8 Å². The summed E-state index contributed by atoms with van der Waals surface area (Å²) in [5, 5.41) is 2.94. The molecule has 1 fully saturated rings. The normalized spacial score (nSPS) is 17.9. The molecule has 0 bridgehead atoms. The molecule has 2 aliphatic rings. The average molecular weight is 291 g/mol. The van der Waals surface area contributed by atoms with Crippen molar-refractivity contribution in [2.75, 3.05) is 26.1 Å². The van der Waals surface area contributed by atoms with Gasteiger partial charge >= 0.3 is 0 Å². The molecule has 0 spiro atoms. The number of hydrogen-bond donors (Lipinski definition) is 2. The fourth-order valence-electron chi connectivity index (χ4n) is 2.48. The molecule has 1 heterocycles. The van der Waals surface area contributed by atoms with Crippen molar-refractivity contribution in [3.8, 4) is 11.5 Å². The van der Waals surface area contributed by atoms with Gasteiger partial charge in [-0.25, -0.2) is 0 Å². The minimum atomic E-state index is -0.179. The van der Waals surface area contributed by atoms with E-state index in [4.69, 9.17) is 15.2 Å². The number of rotatable bonds is 5. The second-order valence-corrected chi connectivity index (χ2v) is 5.75. The van der Waals surface area contributed by atoms with E-state index in [1.807, 2.05) is 0 Å². The molecule has 114 valence electrons. The summed E-state index contributed by atoms with van der Waals surface area (Å²) in [5.74, 6) is 0.977. The van der Waals surface area contributed by atoms with E-state index >= 15 is 0 Å². The van der Waals surface area contributed by atoms with Crippen molar-refractivity contribution in [2.45, 2.75) is 31.8 Å². The first kappa shape index (κ1) is 14.0. The van der Waals surface area contributed by atoms with Gasteiger partial charge in [-0.3, -0.25) is 9.69 Å². The van der Waals surface area contributed by atoms with Gasteiger partial charge in [0.1, 0.15) is 0 Å². The van der Waals surface area contributed by atoms with Crippen molar-refractivity contribution in [2.24, 2.45) is 0 Å². The molecule has 1 aromatic carbocycles. The molecule has 6 heteroatoms. The van der Waals surface area contributed by atoms with Crippen LogP contribution in [0, 0.1) is 0 Å². The summed E-state index contributed by atoms with van der Waals surface area (Å²) in [6.07, 6.45) is 2.51. The standard InChI is InChI=1S/C15H21N3O3/c1-9(18(2)10-3-4-10)7-17-15(19)11-5-13-14(6-12(11)16)21-8-20-13/h5-6,9-10H,3-4,7-8,16H2,1-2H3,(H,17,19). The van der Waals surface area contributed by atoms with Crippen molar-refractivity contribution in [1.29, 1.82) is 0 Å². The third kappa shape index (κ3) is 2.90. The highest BCUT2D eigenvalue weighted by atomic mass is 16.7. The van der Waals surface area contributed by atoms with Gasteiger partial charge in [0.15, 0.2) is 11.5 Å². The molecule has 1 aliphatic heterocycles. The molecule has 0 aromatic heterocycles. The first-order chi connectivity index (χ1) is 10.1. The van der Waals surface area contributed by atoms with Gasteiger partial charge in [0.25, 0.3) is 5.91 Å². The lowest BCUT2D eigenvalue weighted by atomic mass is 10.1. The maximum atomic E-state index is 12.3. The Labute approximate surface area is 124 Å². The van der Waals surface area contributed by atoms with E-state index in [9.17, 15) is 4.79 Å². The molecular formula is C15H21N3O3. The van der Waals surface area contributed by atoms with Crippen molar-refractivity contribution in [3.63, 3.8) is 0 Å². The number of amides is 1. The summed E-state index contributed by atoms with van der Waals surface area (Å²) in [6.45, 7) is 2.88. The molecule has 3 N–H and O–H groups in total. The lowest BCUT2D eigenvalue weighted by molar-refractivity contribution is 0.0940. The van der Waals surface area contributed by atoms with Crippen LogP contribution < -0.4 is 20.5 Å². The first-order valence-electron chi connectivity index (χ1n) is 7.25. The summed E-state index contributed by atoms with van der Waals surface area (Å²) in [7, 11) is 2.10. The molecule has 1 atom stereocenters. The van der Waals surface area contributed by atoms with Crippen LogP contribution in [0.4, 0.5) is 5.69 Å². The number of nitrogens with zero attached hydrogens (tertiary/aromatic N) is 1. The fraction of sp³-hybridized carbons (Fsp3) is 0.533. The number of likely N-dealkylation sites (N-methyl/N-ethyl adjacent to an activating group) is 1. The average Bonchev–Trinajstić information content (AvgIpc) is 3.22. The minimum absolute atomic E-state index is 0.170. The zero-order valence-corrected chi connectivity index (χ0v) is 12.4.